The van der Waals surface area contributed by atoms with Gasteiger partial charge in [0.1, 0.15) is 5.78 Å². The number of carbonyl (C=O) groups excluding carboxylic acids is 1. The molecule has 15 heavy (non-hydrogen) atoms. The van der Waals surface area contributed by atoms with Crippen LogP contribution >= 0.6 is 0 Å². The van der Waals surface area contributed by atoms with Crippen molar-refractivity contribution in [2.75, 3.05) is 0 Å². The zero-order chi connectivity index (χ0) is 11.6. The van der Waals surface area contributed by atoms with Gasteiger partial charge >= 0.3 is 5.97 Å². The molecule has 2 unspecified atom stereocenters. The Bertz CT molecular complexity index is 263. The van der Waals surface area contributed by atoms with Gasteiger partial charge in [-0.2, -0.15) is 0 Å². The van der Waals surface area contributed by atoms with Gasteiger partial charge in [0.15, 0.2) is 0 Å². The van der Waals surface area contributed by atoms with Gasteiger partial charge in [0.05, 0.1) is 5.92 Å². The van der Waals surface area contributed by atoms with Gasteiger partial charge in [-0.1, -0.05) is 27.2 Å². The van der Waals surface area contributed by atoms with Gasteiger partial charge in [0.25, 0.3) is 0 Å². The number of rotatable bonds is 2. The summed E-state index contributed by atoms with van der Waals surface area (Å²) in [5.41, 5.74) is -0.342. The molecule has 0 aromatic rings. The largest absolute Gasteiger partial charge is 0.481 e. The van der Waals surface area contributed by atoms with Crippen molar-refractivity contribution in [3.05, 3.63) is 0 Å². The highest BCUT2D eigenvalue weighted by Crippen LogP contribution is 2.34. The van der Waals surface area contributed by atoms with Crippen molar-refractivity contribution in [1.82, 2.24) is 0 Å². The van der Waals surface area contributed by atoms with Gasteiger partial charge < -0.3 is 5.11 Å². The van der Waals surface area contributed by atoms with Gasteiger partial charge in [-0.15, -0.1) is 0 Å². The zero-order valence-electron chi connectivity index (χ0n) is 9.75. The minimum Gasteiger partial charge on any atom is -0.481 e. The molecule has 1 rings (SSSR count). The van der Waals surface area contributed by atoms with E-state index in [1.807, 2.05) is 20.8 Å². The van der Waals surface area contributed by atoms with E-state index in [9.17, 15) is 9.59 Å². The van der Waals surface area contributed by atoms with Crippen LogP contribution in [0.4, 0.5) is 0 Å². The lowest BCUT2D eigenvalue weighted by Gasteiger charge is -2.30. The quantitative estimate of drug-likeness (QED) is 0.765. The second-order valence-corrected chi connectivity index (χ2v) is 5.51. The van der Waals surface area contributed by atoms with Crippen LogP contribution in [0.1, 0.15) is 46.5 Å². The van der Waals surface area contributed by atoms with Crippen LogP contribution < -0.4 is 0 Å². The van der Waals surface area contributed by atoms with Crippen LogP contribution in [0.25, 0.3) is 0 Å². The molecule has 1 aliphatic rings. The molecule has 0 spiro atoms. The third kappa shape index (κ3) is 3.05. The Labute approximate surface area is 90.9 Å². The Morgan fingerprint density at radius 2 is 1.67 bits per heavy atom. The van der Waals surface area contributed by atoms with Gasteiger partial charge in [0, 0.05) is 11.3 Å². The van der Waals surface area contributed by atoms with Crippen LogP contribution in [-0.4, -0.2) is 16.9 Å². The first-order valence-electron chi connectivity index (χ1n) is 5.59. The molecule has 0 radical (unpaired) electrons. The van der Waals surface area contributed by atoms with E-state index in [0.717, 1.165) is 19.3 Å². The average Bonchev–Trinajstić information content (AvgIpc) is 2.15. The third-order valence-corrected chi connectivity index (χ3v) is 3.13. The monoisotopic (exact) mass is 212 g/mol. The number of ketones is 1. The SMILES string of the molecule is CC(C)(C)C(=O)C1CCCC(C(=O)O)C1. The number of hydrogen-bond acceptors (Lipinski definition) is 2. The summed E-state index contributed by atoms with van der Waals surface area (Å²) in [5.74, 6) is -0.884. The van der Waals surface area contributed by atoms with Crippen LogP contribution in [-0.2, 0) is 9.59 Å². The summed E-state index contributed by atoms with van der Waals surface area (Å²) >= 11 is 0. The minimum atomic E-state index is -0.749. The van der Waals surface area contributed by atoms with Crippen LogP contribution in [0.3, 0.4) is 0 Å². The number of carboxylic acids is 1. The lowest BCUT2D eigenvalue weighted by molar-refractivity contribution is -0.144. The molecule has 0 aromatic carbocycles. The van der Waals surface area contributed by atoms with E-state index in [-0.39, 0.29) is 23.0 Å². The van der Waals surface area contributed by atoms with Crippen LogP contribution in [0.2, 0.25) is 0 Å². The summed E-state index contributed by atoms with van der Waals surface area (Å²) in [7, 11) is 0. The highest BCUT2D eigenvalue weighted by atomic mass is 16.4. The van der Waals surface area contributed by atoms with E-state index in [0.29, 0.717) is 6.42 Å². The highest BCUT2D eigenvalue weighted by molar-refractivity contribution is 5.86. The van der Waals surface area contributed by atoms with Gasteiger partial charge in [-0.05, 0) is 19.3 Å². The van der Waals surface area contributed by atoms with Crippen molar-refractivity contribution in [1.29, 1.82) is 0 Å². The summed E-state index contributed by atoms with van der Waals surface area (Å²) in [6.45, 7) is 5.71. The Kier molecular flexibility index (Phi) is 3.53. The fourth-order valence-corrected chi connectivity index (χ4v) is 2.26. The second-order valence-electron chi connectivity index (χ2n) is 5.51. The van der Waals surface area contributed by atoms with E-state index in [1.54, 1.807) is 0 Å². The molecular weight excluding hydrogens is 192 g/mol. The molecule has 0 saturated heterocycles. The third-order valence-electron chi connectivity index (χ3n) is 3.13. The zero-order valence-corrected chi connectivity index (χ0v) is 9.75. The van der Waals surface area contributed by atoms with Crippen molar-refractivity contribution in [2.45, 2.75) is 46.5 Å². The molecule has 2 atom stereocenters. The maximum absolute atomic E-state index is 12.0. The van der Waals surface area contributed by atoms with Crippen LogP contribution in [0, 0.1) is 17.3 Å². The fraction of sp³-hybridized carbons (Fsp3) is 0.833. The summed E-state index contributed by atoms with van der Waals surface area (Å²) in [4.78, 5) is 22.9. The molecule has 0 amide bonds. The highest BCUT2D eigenvalue weighted by Gasteiger charge is 2.35. The summed E-state index contributed by atoms with van der Waals surface area (Å²) in [5, 5.41) is 8.93. The van der Waals surface area contributed by atoms with Crippen molar-refractivity contribution in [2.24, 2.45) is 17.3 Å². The van der Waals surface area contributed by atoms with Crippen LogP contribution in [0.15, 0.2) is 0 Å². The first-order valence-corrected chi connectivity index (χ1v) is 5.59. The van der Waals surface area contributed by atoms with Crippen molar-refractivity contribution < 1.29 is 14.7 Å². The number of hydrogen-bond donors (Lipinski definition) is 1. The number of aliphatic carboxylic acids is 1. The molecule has 0 bridgehead atoms. The van der Waals surface area contributed by atoms with E-state index >= 15 is 0 Å². The molecule has 86 valence electrons. The first kappa shape index (κ1) is 12.2. The fourth-order valence-electron chi connectivity index (χ4n) is 2.26. The second kappa shape index (κ2) is 4.33. The van der Waals surface area contributed by atoms with Crippen molar-refractivity contribution in [3.8, 4) is 0 Å². The molecule has 3 nitrogen and oxygen atoms in total. The van der Waals surface area contributed by atoms with Crippen molar-refractivity contribution >= 4 is 11.8 Å². The number of Topliss-reactive ketones (excluding diaryl/α,β-unsaturated/α-hetero) is 1. The lowest BCUT2D eigenvalue weighted by atomic mass is 9.73. The topological polar surface area (TPSA) is 54.4 Å². The molecule has 1 fully saturated rings. The number of carboxylic acid groups (broad SMARTS) is 1. The Morgan fingerprint density at radius 3 is 2.13 bits per heavy atom. The van der Waals surface area contributed by atoms with Crippen molar-refractivity contribution in [3.63, 3.8) is 0 Å². The number of carbonyl (C=O) groups is 2. The molecule has 0 aliphatic heterocycles. The Hall–Kier alpha value is -0.860. The van der Waals surface area contributed by atoms with Crippen LogP contribution in [0.5, 0.6) is 0 Å². The van der Waals surface area contributed by atoms with E-state index in [1.165, 1.54) is 0 Å². The predicted molar refractivity (Wildman–Crippen MR) is 57.5 cm³/mol. The maximum Gasteiger partial charge on any atom is 0.306 e. The maximum atomic E-state index is 12.0. The lowest BCUT2D eigenvalue weighted by Crippen LogP contribution is -2.33. The minimum absolute atomic E-state index is 0.0418. The van der Waals surface area contributed by atoms with Gasteiger partial charge in [-0.25, -0.2) is 0 Å². The molecule has 3 heteroatoms. The summed E-state index contributed by atoms with van der Waals surface area (Å²) < 4.78 is 0. The Morgan fingerprint density at radius 1 is 1.13 bits per heavy atom. The Balaban J connectivity index is 2.64. The van der Waals surface area contributed by atoms with Gasteiger partial charge in [-0.3, -0.25) is 9.59 Å². The summed E-state index contributed by atoms with van der Waals surface area (Å²) in [6, 6.07) is 0. The average molecular weight is 212 g/mol. The van der Waals surface area contributed by atoms with E-state index < -0.39 is 5.97 Å². The smallest absolute Gasteiger partial charge is 0.306 e. The van der Waals surface area contributed by atoms with Gasteiger partial charge in [0.2, 0.25) is 0 Å². The predicted octanol–water partition coefficient (Wildman–Crippen LogP) is 2.49. The first-order chi connectivity index (χ1) is 6.82. The normalized spacial score (nSPS) is 27.4. The standard InChI is InChI=1S/C12H20O3/c1-12(2,3)10(13)8-5-4-6-9(7-8)11(14)15/h8-9H,4-7H2,1-3H3,(H,14,15). The molecule has 1 N–H and O–H groups in total. The van der Waals surface area contributed by atoms with E-state index in [4.69, 9.17) is 5.11 Å². The molecule has 1 aliphatic carbocycles. The molecule has 0 aromatic heterocycles. The molecule has 0 heterocycles. The molecular formula is C12H20O3. The van der Waals surface area contributed by atoms with E-state index in [2.05, 4.69) is 0 Å². The molecule has 1 saturated carbocycles. The summed E-state index contributed by atoms with van der Waals surface area (Å²) in [6.07, 6.45) is 2.98.